The molecular weight excluding hydrogens is 448 g/mol. The van der Waals surface area contributed by atoms with Crippen LogP contribution in [0.25, 0.3) is 0 Å². The third kappa shape index (κ3) is 10.2. The average Bonchev–Trinajstić information content (AvgIpc) is 2.81. The molecule has 2 rings (SSSR count). The van der Waals surface area contributed by atoms with Gasteiger partial charge in [0.2, 0.25) is 5.91 Å². The third-order valence-electron chi connectivity index (χ3n) is 4.43. The van der Waals surface area contributed by atoms with Crippen molar-refractivity contribution < 1.29 is 28.7 Å². The predicted octanol–water partition coefficient (Wildman–Crippen LogP) is 4.59. The van der Waals surface area contributed by atoms with Crippen LogP contribution in [0.1, 0.15) is 49.4 Å². The van der Waals surface area contributed by atoms with Crippen molar-refractivity contribution in [3.63, 3.8) is 0 Å². The summed E-state index contributed by atoms with van der Waals surface area (Å²) in [4.78, 5) is 47.6. The molecule has 0 heterocycles. The van der Waals surface area contributed by atoms with Crippen molar-refractivity contribution in [1.29, 1.82) is 0 Å². The lowest BCUT2D eigenvalue weighted by Gasteiger charge is -2.08. The Kier molecular flexibility index (Phi) is 10.9. The van der Waals surface area contributed by atoms with Crippen molar-refractivity contribution in [2.24, 2.45) is 0 Å². The van der Waals surface area contributed by atoms with E-state index in [4.69, 9.17) is 21.1 Å². The van der Waals surface area contributed by atoms with Gasteiger partial charge in [-0.15, -0.1) is 0 Å². The maximum Gasteiger partial charge on any atom is 0.338 e. The minimum Gasteiger partial charge on any atom is -0.462 e. The van der Waals surface area contributed by atoms with Crippen molar-refractivity contribution in [2.75, 3.05) is 23.8 Å². The van der Waals surface area contributed by atoms with E-state index in [0.29, 0.717) is 28.6 Å². The fraction of sp³-hybridized carbons (Fsp3) is 0.333. The molecule has 0 fully saturated rings. The number of nitrogens with one attached hydrogen (secondary N) is 2. The Balaban J connectivity index is 1.66. The summed E-state index contributed by atoms with van der Waals surface area (Å²) in [6.07, 6.45) is 2.58. The number of anilines is 2. The van der Waals surface area contributed by atoms with Crippen LogP contribution in [0.4, 0.5) is 11.4 Å². The molecule has 176 valence electrons. The van der Waals surface area contributed by atoms with Gasteiger partial charge in [0.15, 0.2) is 6.61 Å². The van der Waals surface area contributed by atoms with Crippen LogP contribution >= 0.6 is 11.6 Å². The summed E-state index contributed by atoms with van der Waals surface area (Å²) < 4.78 is 10.1. The van der Waals surface area contributed by atoms with Gasteiger partial charge in [0, 0.05) is 22.8 Å². The van der Waals surface area contributed by atoms with Crippen molar-refractivity contribution in [3.8, 4) is 0 Å². The largest absolute Gasteiger partial charge is 0.462 e. The molecule has 0 atom stereocenters. The Bertz CT molecular complexity index is 944. The highest BCUT2D eigenvalue weighted by Crippen LogP contribution is 2.14. The summed E-state index contributed by atoms with van der Waals surface area (Å²) in [5.41, 5.74) is 1.40. The van der Waals surface area contributed by atoms with Crippen LogP contribution in [0.5, 0.6) is 0 Å². The van der Waals surface area contributed by atoms with Crippen LogP contribution in [0.2, 0.25) is 5.02 Å². The second-order valence-corrected chi connectivity index (χ2v) is 7.62. The van der Waals surface area contributed by atoms with E-state index >= 15 is 0 Å². The van der Waals surface area contributed by atoms with Crippen LogP contribution in [0.3, 0.4) is 0 Å². The first-order chi connectivity index (χ1) is 15.9. The number of hydrogen-bond donors (Lipinski definition) is 2. The normalized spacial score (nSPS) is 10.2. The lowest BCUT2D eigenvalue weighted by molar-refractivity contribution is -0.147. The molecule has 8 nitrogen and oxygen atoms in total. The van der Waals surface area contributed by atoms with E-state index in [9.17, 15) is 19.2 Å². The highest BCUT2D eigenvalue weighted by Gasteiger charge is 2.12. The standard InChI is InChI=1S/C24H27ClN2O6/c1-2-3-4-15-32-24(31)17-5-9-19(10-6-17)26-21(28)13-14-23(30)33-16-22(29)27-20-11-7-18(25)8-12-20/h5-12H,2-4,13-16H2,1H3,(H,26,28)(H,27,29). The number of benzene rings is 2. The summed E-state index contributed by atoms with van der Waals surface area (Å²) in [6.45, 7) is 1.99. The fourth-order valence-electron chi connectivity index (χ4n) is 2.68. The Morgan fingerprint density at radius 1 is 0.788 bits per heavy atom. The second-order valence-electron chi connectivity index (χ2n) is 7.18. The highest BCUT2D eigenvalue weighted by molar-refractivity contribution is 6.30. The molecule has 2 N–H and O–H groups in total. The number of unbranched alkanes of at least 4 members (excludes halogenated alkanes) is 2. The Hall–Kier alpha value is -3.39. The first-order valence-corrected chi connectivity index (χ1v) is 11.0. The van der Waals surface area contributed by atoms with Crippen LogP contribution in [-0.2, 0) is 23.9 Å². The molecule has 0 aromatic heterocycles. The molecule has 0 spiro atoms. The number of ether oxygens (including phenoxy) is 2. The molecule has 0 saturated heterocycles. The van der Waals surface area contributed by atoms with Gasteiger partial charge in [-0.1, -0.05) is 31.4 Å². The summed E-state index contributed by atoms with van der Waals surface area (Å²) >= 11 is 5.77. The van der Waals surface area contributed by atoms with Crippen molar-refractivity contribution in [3.05, 3.63) is 59.1 Å². The van der Waals surface area contributed by atoms with Gasteiger partial charge >= 0.3 is 11.9 Å². The van der Waals surface area contributed by atoms with Crippen LogP contribution in [-0.4, -0.2) is 37.0 Å². The molecule has 0 bridgehead atoms. The summed E-state index contributed by atoms with van der Waals surface area (Å²) in [7, 11) is 0. The van der Waals surface area contributed by atoms with Crippen LogP contribution < -0.4 is 10.6 Å². The number of carbonyl (C=O) groups excluding carboxylic acids is 4. The highest BCUT2D eigenvalue weighted by atomic mass is 35.5. The molecule has 0 saturated carbocycles. The first kappa shape index (κ1) is 25.9. The van der Waals surface area contributed by atoms with Gasteiger partial charge in [-0.2, -0.15) is 0 Å². The zero-order valence-corrected chi connectivity index (χ0v) is 19.2. The predicted molar refractivity (Wildman–Crippen MR) is 125 cm³/mol. The maximum absolute atomic E-state index is 12.0. The number of amides is 2. The van der Waals surface area contributed by atoms with Gasteiger partial charge in [-0.3, -0.25) is 14.4 Å². The molecule has 0 aliphatic heterocycles. The molecule has 0 radical (unpaired) electrons. The van der Waals surface area contributed by atoms with Crippen molar-refractivity contribution >= 4 is 46.7 Å². The van der Waals surface area contributed by atoms with E-state index in [2.05, 4.69) is 17.6 Å². The Labute approximate surface area is 197 Å². The minimum absolute atomic E-state index is 0.112. The SMILES string of the molecule is CCCCCOC(=O)c1ccc(NC(=O)CCC(=O)OCC(=O)Nc2ccc(Cl)cc2)cc1. The van der Waals surface area contributed by atoms with Gasteiger partial charge in [0.1, 0.15) is 0 Å². The molecule has 9 heteroatoms. The van der Waals surface area contributed by atoms with Crippen molar-refractivity contribution in [1.82, 2.24) is 0 Å². The lowest BCUT2D eigenvalue weighted by atomic mass is 10.2. The molecule has 0 unspecified atom stereocenters. The van der Waals surface area contributed by atoms with Gasteiger partial charge < -0.3 is 20.1 Å². The van der Waals surface area contributed by atoms with Crippen molar-refractivity contribution in [2.45, 2.75) is 39.0 Å². The van der Waals surface area contributed by atoms with E-state index in [1.54, 1.807) is 48.5 Å². The molecule has 2 aromatic rings. The number of carbonyl (C=O) groups is 4. The number of esters is 2. The molecule has 2 aromatic carbocycles. The molecule has 2 amide bonds. The van der Waals surface area contributed by atoms with Gasteiger partial charge in [0.25, 0.3) is 5.91 Å². The van der Waals surface area contributed by atoms with Crippen LogP contribution in [0, 0.1) is 0 Å². The smallest absolute Gasteiger partial charge is 0.338 e. The number of halogens is 1. The number of rotatable bonds is 12. The maximum atomic E-state index is 12.0. The van der Waals surface area contributed by atoms with E-state index in [1.165, 1.54) is 0 Å². The zero-order chi connectivity index (χ0) is 24.1. The van der Waals surface area contributed by atoms with E-state index in [1.807, 2.05) is 0 Å². The quantitative estimate of drug-likeness (QED) is 0.344. The van der Waals surface area contributed by atoms with Gasteiger partial charge in [-0.05, 0) is 55.0 Å². The third-order valence-corrected chi connectivity index (χ3v) is 4.69. The molecular formula is C24H27ClN2O6. The van der Waals surface area contributed by atoms with E-state index in [0.717, 1.165) is 19.3 Å². The average molecular weight is 475 g/mol. The lowest BCUT2D eigenvalue weighted by Crippen LogP contribution is -2.21. The van der Waals surface area contributed by atoms with Gasteiger partial charge in [-0.25, -0.2) is 4.79 Å². The number of hydrogen-bond acceptors (Lipinski definition) is 6. The fourth-order valence-corrected chi connectivity index (χ4v) is 2.80. The summed E-state index contributed by atoms with van der Waals surface area (Å²) in [5.74, 6) is -1.98. The van der Waals surface area contributed by atoms with Crippen LogP contribution in [0.15, 0.2) is 48.5 Å². The molecule has 0 aliphatic carbocycles. The summed E-state index contributed by atoms with van der Waals surface area (Å²) in [5, 5.41) is 5.74. The van der Waals surface area contributed by atoms with E-state index in [-0.39, 0.29) is 12.8 Å². The monoisotopic (exact) mass is 474 g/mol. The molecule has 0 aliphatic rings. The first-order valence-electron chi connectivity index (χ1n) is 10.7. The van der Waals surface area contributed by atoms with E-state index < -0.39 is 30.4 Å². The summed E-state index contributed by atoms with van der Waals surface area (Å²) in [6, 6.07) is 12.8. The topological polar surface area (TPSA) is 111 Å². The van der Waals surface area contributed by atoms with Gasteiger partial charge in [0.05, 0.1) is 18.6 Å². The zero-order valence-electron chi connectivity index (χ0n) is 18.4. The second kappa shape index (κ2) is 13.9. The minimum atomic E-state index is -0.669. The molecule has 33 heavy (non-hydrogen) atoms. The Morgan fingerprint density at radius 2 is 1.39 bits per heavy atom. The Morgan fingerprint density at radius 3 is 2.03 bits per heavy atom.